The van der Waals surface area contributed by atoms with E-state index in [1.165, 1.54) is 30.6 Å². The number of carbonyl (C=O) groups is 2. The van der Waals surface area contributed by atoms with Crippen molar-refractivity contribution in [1.82, 2.24) is 19.7 Å². The summed E-state index contributed by atoms with van der Waals surface area (Å²) in [6.07, 6.45) is -1.10. The van der Waals surface area contributed by atoms with Crippen molar-refractivity contribution >= 4 is 23.8 Å². The number of rotatable bonds is 5. The predicted octanol–water partition coefficient (Wildman–Crippen LogP) is 4.69. The fourth-order valence-corrected chi connectivity index (χ4v) is 4.43. The Balaban J connectivity index is 1.70. The first-order chi connectivity index (χ1) is 18.6. The number of carbonyl (C=O) groups excluding carboxylic acids is 1. The molecule has 4 aromatic rings. The molecular formula is C27H17F3N6O3. The molecule has 1 aliphatic heterocycles. The SMILES string of the molecule is Cn1cnnc1-c1ccc(C#N)cc1-c1cc(/C=C/C(=O)O)nc(N2Cc3c(cccc3C(F)(F)F)C2=O)c1. The van der Waals surface area contributed by atoms with Gasteiger partial charge in [-0.05, 0) is 65.2 Å². The zero-order valence-electron chi connectivity index (χ0n) is 20.1. The number of nitrogens with zero attached hydrogens (tertiary/aromatic N) is 6. The van der Waals surface area contributed by atoms with Crippen molar-refractivity contribution in [2.24, 2.45) is 7.05 Å². The fraction of sp³-hybridized carbons (Fsp3) is 0.111. The van der Waals surface area contributed by atoms with E-state index in [0.29, 0.717) is 28.1 Å². The molecule has 1 N–H and O–H groups in total. The fourth-order valence-electron chi connectivity index (χ4n) is 4.43. The molecule has 9 nitrogen and oxygen atoms in total. The van der Waals surface area contributed by atoms with Crippen LogP contribution in [0.4, 0.5) is 19.0 Å². The van der Waals surface area contributed by atoms with Gasteiger partial charge in [0, 0.05) is 24.3 Å². The summed E-state index contributed by atoms with van der Waals surface area (Å²) in [6.45, 7) is -0.378. The maximum absolute atomic E-state index is 13.7. The molecule has 0 spiro atoms. The number of fused-ring (bicyclic) bond motifs is 1. The number of nitriles is 1. The molecule has 12 heteroatoms. The zero-order chi connectivity index (χ0) is 27.9. The lowest BCUT2D eigenvalue weighted by molar-refractivity contribution is -0.138. The van der Waals surface area contributed by atoms with Crippen LogP contribution in [-0.4, -0.2) is 36.7 Å². The number of aromatic nitrogens is 4. The molecule has 194 valence electrons. The smallest absolute Gasteiger partial charge is 0.416 e. The molecule has 0 unspecified atom stereocenters. The van der Waals surface area contributed by atoms with E-state index in [2.05, 4.69) is 21.3 Å². The number of carboxylic acid groups (broad SMARTS) is 1. The molecule has 0 saturated carbocycles. The first-order valence-electron chi connectivity index (χ1n) is 11.4. The number of hydrogen-bond donors (Lipinski definition) is 1. The number of alkyl halides is 3. The maximum atomic E-state index is 13.7. The number of halogens is 3. The van der Waals surface area contributed by atoms with Crippen LogP contribution in [0, 0.1) is 11.3 Å². The molecule has 0 atom stereocenters. The third-order valence-corrected chi connectivity index (χ3v) is 6.19. The number of aliphatic carboxylic acids is 1. The Bertz CT molecular complexity index is 1720. The second-order valence-electron chi connectivity index (χ2n) is 8.67. The lowest BCUT2D eigenvalue weighted by Gasteiger charge is -2.18. The molecule has 0 fully saturated rings. The molecule has 0 saturated heterocycles. The lowest BCUT2D eigenvalue weighted by atomic mass is 9.96. The quantitative estimate of drug-likeness (QED) is 0.371. The number of hydrogen-bond acceptors (Lipinski definition) is 6. The van der Waals surface area contributed by atoms with E-state index in [4.69, 9.17) is 5.11 Å². The maximum Gasteiger partial charge on any atom is 0.416 e. The third-order valence-electron chi connectivity index (χ3n) is 6.19. The van der Waals surface area contributed by atoms with Gasteiger partial charge >= 0.3 is 12.1 Å². The van der Waals surface area contributed by atoms with Gasteiger partial charge in [0.25, 0.3) is 5.91 Å². The van der Waals surface area contributed by atoms with Crippen LogP contribution in [0.5, 0.6) is 0 Å². The summed E-state index contributed by atoms with van der Waals surface area (Å²) in [5.41, 5.74) is 0.784. The van der Waals surface area contributed by atoms with Gasteiger partial charge in [-0.3, -0.25) is 9.69 Å². The molecule has 39 heavy (non-hydrogen) atoms. The minimum absolute atomic E-state index is 0.0122. The molecule has 5 rings (SSSR count). The molecular weight excluding hydrogens is 513 g/mol. The Labute approximate surface area is 219 Å². The van der Waals surface area contributed by atoms with Crippen molar-refractivity contribution in [2.45, 2.75) is 12.7 Å². The lowest BCUT2D eigenvalue weighted by Crippen LogP contribution is -2.24. The van der Waals surface area contributed by atoms with Crippen LogP contribution in [0.25, 0.3) is 28.6 Å². The Hall–Kier alpha value is -5.31. The van der Waals surface area contributed by atoms with Gasteiger partial charge < -0.3 is 9.67 Å². The van der Waals surface area contributed by atoms with Gasteiger partial charge in [0.05, 0.1) is 29.4 Å². The van der Waals surface area contributed by atoms with Crippen LogP contribution < -0.4 is 4.90 Å². The van der Waals surface area contributed by atoms with Gasteiger partial charge in [0.1, 0.15) is 12.1 Å². The molecule has 0 aliphatic carbocycles. The van der Waals surface area contributed by atoms with Crippen LogP contribution in [0.2, 0.25) is 0 Å². The average Bonchev–Trinajstić information content (AvgIpc) is 3.49. The number of aryl methyl sites for hydroxylation is 1. The van der Waals surface area contributed by atoms with Crippen molar-refractivity contribution in [2.75, 3.05) is 4.90 Å². The number of benzene rings is 2. The van der Waals surface area contributed by atoms with Crippen molar-refractivity contribution in [3.8, 4) is 28.6 Å². The van der Waals surface area contributed by atoms with Gasteiger partial charge in [-0.2, -0.15) is 18.4 Å². The van der Waals surface area contributed by atoms with Crippen LogP contribution >= 0.6 is 0 Å². The average molecular weight is 530 g/mol. The number of carboxylic acids is 1. The van der Waals surface area contributed by atoms with Gasteiger partial charge in [-0.1, -0.05) is 6.07 Å². The van der Waals surface area contributed by atoms with E-state index in [0.717, 1.165) is 17.0 Å². The molecule has 2 aromatic carbocycles. The molecule has 0 radical (unpaired) electrons. The van der Waals surface area contributed by atoms with Gasteiger partial charge in [-0.15, -0.1) is 10.2 Å². The zero-order valence-corrected chi connectivity index (χ0v) is 20.1. The minimum atomic E-state index is -4.66. The van der Waals surface area contributed by atoms with Gasteiger partial charge in [-0.25, -0.2) is 9.78 Å². The van der Waals surface area contributed by atoms with Crippen molar-refractivity contribution < 1.29 is 27.9 Å². The summed E-state index contributed by atoms with van der Waals surface area (Å²) in [5.74, 6) is -1.43. The van der Waals surface area contributed by atoms with Crippen LogP contribution in [-0.2, 0) is 24.6 Å². The first kappa shape index (κ1) is 25.3. The Morgan fingerprint density at radius 2 is 1.92 bits per heavy atom. The largest absolute Gasteiger partial charge is 0.478 e. The first-order valence-corrected chi connectivity index (χ1v) is 11.4. The van der Waals surface area contributed by atoms with Crippen LogP contribution in [0.15, 0.2) is 60.9 Å². The number of anilines is 1. The summed E-state index contributed by atoms with van der Waals surface area (Å²) < 4.78 is 42.6. The monoisotopic (exact) mass is 530 g/mol. The highest BCUT2D eigenvalue weighted by atomic mass is 19.4. The van der Waals surface area contributed by atoms with Crippen LogP contribution in [0.3, 0.4) is 0 Å². The summed E-state index contributed by atoms with van der Waals surface area (Å²) in [5, 5.41) is 26.7. The van der Waals surface area contributed by atoms with E-state index in [1.807, 2.05) is 0 Å². The Morgan fingerprint density at radius 1 is 1.13 bits per heavy atom. The van der Waals surface area contributed by atoms with E-state index in [1.54, 1.807) is 35.9 Å². The second kappa shape index (κ2) is 9.53. The van der Waals surface area contributed by atoms with E-state index in [9.17, 15) is 28.0 Å². The summed E-state index contributed by atoms with van der Waals surface area (Å²) in [4.78, 5) is 29.9. The Morgan fingerprint density at radius 3 is 2.59 bits per heavy atom. The van der Waals surface area contributed by atoms with Crippen LogP contribution in [0.1, 0.15) is 32.7 Å². The minimum Gasteiger partial charge on any atom is -0.478 e. The molecule has 2 aromatic heterocycles. The van der Waals surface area contributed by atoms with Gasteiger partial charge in [0.15, 0.2) is 5.82 Å². The van der Waals surface area contributed by atoms with Gasteiger partial charge in [0.2, 0.25) is 0 Å². The highest BCUT2D eigenvalue weighted by Crippen LogP contribution is 2.40. The van der Waals surface area contributed by atoms with E-state index in [-0.39, 0.29) is 29.2 Å². The highest BCUT2D eigenvalue weighted by Gasteiger charge is 2.40. The molecule has 3 heterocycles. The van der Waals surface area contributed by atoms with Crippen molar-refractivity contribution in [1.29, 1.82) is 5.26 Å². The van der Waals surface area contributed by atoms with E-state index >= 15 is 0 Å². The third kappa shape index (κ3) is 4.73. The normalized spacial score (nSPS) is 13.1. The topological polar surface area (TPSA) is 125 Å². The van der Waals surface area contributed by atoms with Crippen molar-refractivity contribution in [3.05, 3.63) is 88.9 Å². The molecule has 1 aliphatic rings. The molecule has 1 amide bonds. The standard InChI is InChI=1S/C27H17F3N6O3/c1-35-14-32-34-25(35)18-7-5-15(12-31)9-20(18)16-10-17(6-8-24(37)38)33-23(11-16)36-13-21-19(26(36)39)3-2-4-22(21)27(28,29)30/h2-11,14H,13H2,1H3,(H,37,38)/b8-6+. The van der Waals surface area contributed by atoms with E-state index < -0.39 is 23.6 Å². The predicted molar refractivity (Wildman–Crippen MR) is 133 cm³/mol. The number of amides is 1. The summed E-state index contributed by atoms with van der Waals surface area (Å²) in [7, 11) is 1.73. The Kier molecular flexibility index (Phi) is 6.19. The second-order valence-corrected chi connectivity index (χ2v) is 8.67. The summed E-state index contributed by atoms with van der Waals surface area (Å²) in [6, 6.07) is 13.4. The highest BCUT2D eigenvalue weighted by molar-refractivity contribution is 6.10. The summed E-state index contributed by atoms with van der Waals surface area (Å²) >= 11 is 0. The number of pyridine rings is 1. The van der Waals surface area contributed by atoms with Crippen molar-refractivity contribution in [3.63, 3.8) is 0 Å². The molecule has 0 bridgehead atoms.